The quantitative estimate of drug-likeness (QED) is 0.107. The third-order valence-corrected chi connectivity index (χ3v) is 8.19. The Hall–Kier alpha value is -1.91. The van der Waals surface area contributed by atoms with Gasteiger partial charge in [0.15, 0.2) is 0 Å². The predicted octanol–water partition coefficient (Wildman–Crippen LogP) is 5.62. The van der Waals surface area contributed by atoms with Crippen molar-refractivity contribution in [1.29, 1.82) is 0 Å². The standard InChI is InChI=1S/C25H40ClNO7Si/c1-4-32-35(33-5-2,34-6-3)20-12-17-27-25(29)31-19-10-8-7-9-18-30-24(28)16-15-22-13-11-14-23(26)21-22/h11,13-16,21H,4-10,12,17-20H2,1-3H3,(H,27,29)/b16-15+. The number of nitrogens with one attached hydrogen (secondary N) is 1. The van der Waals surface area contributed by atoms with E-state index in [-0.39, 0.29) is 5.97 Å². The molecule has 0 spiro atoms. The second-order valence-corrected chi connectivity index (χ2v) is 10.8. The third-order valence-electron chi connectivity index (χ3n) is 4.80. The van der Waals surface area contributed by atoms with E-state index in [0.29, 0.717) is 57.1 Å². The van der Waals surface area contributed by atoms with Gasteiger partial charge >= 0.3 is 20.9 Å². The first kappa shape index (κ1) is 31.1. The van der Waals surface area contributed by atoms with Crippen molar-refractivity contribution >= 4 is 38.5 Å². The maximum atomic E-state index is 11.9. The largest absolute Gasteiger partial charge is 0.500 e. The van der Waals surface area contributed by atoms with Gasteiger partial charge in [0.25, 0.3) is 0 Å². The summed E-state index contributed by atoms with van der Waals surface area (Å²) in [7, 11) is -2.68. The molecule has 35 heavy (non-hydrogen) atoms. The lowest BCUT2D eigenvalue weighted by atomic mass is 10.2. The molecule has 1 aromatic carbocycles. The Morgan fingerprint density at radius 3 is 2.14 bits per heavy atom. The van der Waals surface area contributed by atoms with Crippen LogP contribution in [-0.2, 0) is 27.5 Å². The fourth-order valence-electron chi connectivity index (χ4n) is 3.27. The average Bonchev–Trinajstić information content (AvgIpc) is 2.83. The van der Waals surface area contributed by atoms with Gasteiger partial charge in [0.1, 0.15) is 0 Å². The minimum absolute atomic E-state index is 0.351. The van der Waals surface area contributed by atoms with Crippen molar-refractivity contribution in [3.63, 3.8) is 0 Å². The normalized spacial score (nSPS) is 11.5. The molecule has 10 heteroatoms. The Bertz CT molecular complexity index is 746. The van der Waals surface area contributed by atoms with Gasteiger partial charge in [-0.05, 0) is 76.6 Å². The van der Waals surface area contributed by atoms with Gasteiger partial charge in [0.05, 0.1) is 13.2 Å². The molecule has 0 aromatic heterocycles. The summed E-state index contributed by atoms with van der Waals surface area (Å²) in [6.07, 6.45) is 6.61. The van der Waals surface area contributed by atoms with E-state index < -0.39 is 14.9 Å². The molecule has 0 aliphatic carbocycles. The monoisotopic (exact) mass is 529 g/mol. The van der Waals surface area contributed by atoms with Crippen molar-refractivity contribution < 1.29 is 32.3 Å². The van der Waals surface area contributed by atoms with Crippen molar-refractivity contribution in [3.05, 3.63) is 40.9 Å². The number of hydrogen-bond donors (Lipinski definition) is 1. The molecule has 1 N–H and O–H groups in total. The molecule has 0 aliphatic heterocycles. The Kier molecular flexibility index (Phi) is 17.2. The van der Waals surface area contributed by atoms with E-state index in [2.05, 4.69) is 5.32 Å². The minimum atomic E-state index is -2.68. The van der Waals surface area contributed by atoms with Crippen LogP contribution in [0.15, 0.2) is 30.3 Å². The van der Waals surface area contributed by atoms with Crippen LogP contribution in [0.2, 0.25) is 11.1 Å². The lowest BCUT2D eigenvalue weighted by Crippen LogP contribution is -2.46. The van der Waals surface area contributed by atoms with Crippen LogP contribution in [0.5, 0.6) is 0 Å². The molecule has 0 aliphatic rings. The zero-order valence-corrected chi connectivity index (χ0v) is 22.9. The molecule has 8 nitrogen and oxygen atoms in total. The van der Waals surface area contributed by atoms with Crippen molar-refractivity contribution in [2.24, 2.45) is 0 Å². The molecule has 198 valence electrons. The van der Waals surface area contributed by atoms with Crippen LogP contribution < -0.4 is 5.32 Å². The van der Waals surface area contributed by atoms with Crippen LogP contribution in [-0.4, -0.2) is 60.4 Å². The maximum Gasteiger partial charge on any atom is 0.500 e. The first-order valence-corrected chi connectivity index (χ1v) is 14.7. The van der Waals surface area contributed by atoms with E-state index >= 15 is 0 Å². The molecule has 0 radical (unpaired) electrons. The SMILES string of the molecule is CCO[Si](CCCNC(=O)OCCCCCCOC(=O)/C=C/c1cccc(Cl)c1)(OCC)OCC. The molecule has 1 amide bonds. The lowest BCUT2D eigenvalue weighted by molar-refractivity contribution is -0.137. The topological polar surface area (TPSA) is 92.3 Å². The highest BCUT2D eigenvalue weighted by Crippen LogP contribution is 2.18. The molecule has 1 rings (SSSR count). The molecular formula is C25H40ClNO7Si. The second-order valence-electron chi connectivity index (χ2n) is 7.62. The molecule has 0 fully saturated rings. The number of carbonyl (C=O) groups excluding carboxylic acids is 2. The molecule has 0 heterocycles. The summed E-state index contributed by atoms with van der Waals surface area (Å²) in [5.74, 6) is -0.381. The number of alkyl carbamates (subject to hydrolysis) is 1. The van der Waals surface area contributed by atoms with Crippen LogP contribution >= 0.6 is 11.6 Å². The predicted molar refractivity (Wildman–Crippen MR) is 139 cm³/mol. The van der Waals surface area contributed by atoms with E-state index in [4.69, 9.17) is 34.4 Å². The smallest absolute Gasteiger partial charge is 0.463 e. The summed E-state index contributed by atoms with van der Waals surface area (Å²) >= 11 is 5.91. The van der Waals surface area contributed by atoms with Gasteiger partial charge in [-0.2, -0.15) is 0 Å². The van der Waals surface area contributed by atoms with Gasteiger partial charge in [0.2, 0.25) is 0 Å². The first-order chi connectivity index (χ1) is 16.9. The average molecular weight is 530 g/mol. The van der Waals surface area contributed by atoms with Crippen LogP contribution in [0.3, 0.4) is 0 Å². The van der Waals surface area contributed by atoms with Gasteiger partial charge in [-0.1, -0.05) is 23.7 Å². The highest BCUT2D eigenvalue weighted by molar-refractivity contribution is 6.60. The van der Waals surface area contributed by atoms with E-state index in [9.17, 15) is 9.59 Å². The fourth-order valence-corrected chi connectivity index (χ4v) is 6.08. The molecule has 1 aromatic rings. The Morgan fingerprint density at radius 1 is 0.914 bits per heavy atom. The van der Waals surface area contributed by atoms with Gasteiger partial charge < -0.3 is 28.1 Å². The maximum absolute atomic E-state index is 11.9. The summed E-state index contributed by atoms with van der Waals surface area (Å²) in [5.41, 5.74) is 0.843. The van der Waals surface area contributed by atoms with Gasteiger partial charge in [-0.15, -0.1) is 0 Å². The number of rotatable bonds is 19. The van der Waals surface area contributed by atoms with E-state index in [1.165, 1.54) is 6.08 Å². The molecule has 0 saturated carbocycles. The number of esters is 1. The molecule has 0 atom stereocenters. The number of ether oxygens (including phenoxy) is 2. The van der Waals surface area contributed by atoms with Crippen LogP contribution in [0.25, 0.3) is 6.08 Å². The lowest BCUT2D eigenvalue weighted by Gasteiger charge is -2.28. The van der Waals surface area contributed by atoms with Gasteiger partial charge in [0, 0.05) is 43.5 Å². The van der Waals surface area contributed by atoms with Crippen molar-refractivity contribution in [2.75, 3.05) is 39.6 Å². The first-order valence-electron chi connectivity index (χ1n) is 12.4. The minimum Gasteiger partial charge on any atom is -0.463 e. The van der Waals surface area contributed by atoms with Crippen molar-refractivity contribution in [3.8, 4) is 0 Å². The zero-order valence-electron chi connectivity index (χ0n) is 21.2. The number of carbonyl (C=O) groups is 2. The van der Waals surface area contributed by atoms with Crippen LogP contribution in [0.4, 0.5) is 4.79 Å². The summed E-state index contributed by atoms with van der Waals surface area (Å²) < 4.78 is 27.8. The van der Waals surface area contributed by atoms with Crippen molar-refractivity contribution in [2.45, 2.75) is 58.9 Å². The van der Waals surface area contributed by atoms with E-state index in [1.807, 2.05) is 32.9 Å². The Balaban J connectivity index is 2.06. The van der Waals surface area contributed by atoms with E-state index in [0.717, 1.165) is 31.2 Å². The number of halogens is 1. The summed E-state index contributed by atoms with van der Waals surface area (Å²) in [5, 5.41) is 3.37. The second kappa shape index (κ2) is 19.3. The number of hydrogen-bond acceptors (Lipinski definition) is 7. The van der Waals surface area contributed by atoms with Gasteiger partial charge in [-0.3, -0.25) is 0 Å². The van der Waals surface area contributed by atoms with Crippen molar-refractivity contribution in [1.82, 2.24) is 5.32 Å². The fraction of sp³-hybridized carbons (Fsp3) is 0.600. The number of amides is 1. The Morgan fingerprint density at radius 2 is 1.54 bits per heavy atom. The zero-order chi connectivity index (χ0) is 25.8. The van der Waals surface area contributed by atoms with E-state index in [1.54, 1.807) is 18.2 Å². The summed E-state index contributed by atoms with van der Waals surface area (Å²) in [4.78, 5) is 23.6. The third kappa shape index (κ3) is 14.9. The highest BCUT2D eigenvalue weighted by atomic mass is 35.5. The number of unbranched alkanes of at least 4 members (excludes halogenated alkanes) is 3. The summed E-state index contributed by atoms with van der Waals surface area (Å²) in [6, 6.07) is 7.87. The van der Waals surface area contributed by atoms with Gasteiger partial charge in [-0.25, -0.2) is 9.59 Å². The molecular weight excluding hydrogens is 490 g/mol. The molecule has 0 saturated heterocycles. The van der Waals surface area contributed by atoms with Crippen LogP contribution in [0.1, 0.15) is 58.4 Å². The molecule has 0 unspecified atom stereocenters. The Labute approximate surface area is 215 Å². The number of benzene rings is 1. The molecule has 0 bridgehead atoms. The summed E-state index contributed by atoms with van der Waals surface area (Å²) in [6.45, 7) is 8.54. The highest BCUT2D eigenvalue weighted by Gasteiger charge is 2.39. The van der Waals surface area contributed by atoms with Crippen LogP contribution in [0, 0.1) is 0 Å².